The third-order valence-electron chi connectivity index (χ3n) is 2.43. The minimum atomic E-state index is 0.156. The first-order valence-electron chi connectivity index (χ1n) is 5.39. The molecule has 15 heavy (non-hydrogen) atoms. The zero-order valence-corrected chi connectivity index (χ0v) is 8.94. The lowest BCUT2D eigenvalue weighted by molar-refractivity contribution is 0.481. The van der Waals surface area contributed by atoms with E-state index in [9.17, 15) is 0 Å². The fraction of sp³-hybridized carbons (Fsp3) is 0.417. The Bertz CT molecular complexity index is 403. The van der Waals surface area contributed by atoms with Gasteiger partial charge in [-0.3, -0.25) is 0 Å². The molecule has 0 fully saturated rings. The number of nitrogens with zero attached hydrogens (tertiary/aromatic N) is 1. The molecule has 0 amide bonds. The van der Waals surface area contributed by atoms with Crippen molar-refractivity contribution in [2.75, 3.05) is 0 Å². The Morgan fingerprint density at radius 2 is 2.20 bits per heavy atom. The Balaban J connectivity index is 2.15. The minimum Gasteiger partial charge on any atom is -0.441 e. The minimum absolute atomic E-state index is 0.156. The maximum Gasteiger partial charge on any atom is 0.197 e. The fourth-order valence-electron chi connectivity index (χ4n) is 1.70. The van der Waals surface area contributed by atoms with Crippen LogP contribution >= 0.6 is 0 Å². The molecule has 1 aromatic carbocycles. The molecule has 0 spiro atoms. The highest BCUT2D eigenvalue weighted by Gasteiger charge is 2.09. The molecule has 3 nitrogen and oxygen atoms in total. The van der Waals surface area contributed by atoms with E-state index in [0.717, 1.165) is 36.3 Å². The first kappa shape index (κ1) is 10.2. The number of para-hydroxylation sites is 2. The SMILES string of the molecule is CCCC(N)Cc1nc2ccccc2o1. The molecule has 0 radical (unpaired) electrons. The normalized spacial score (nSPS) is 13.2. The van der Waals surface area contributed by atoms with Crippen molar-refractivity contribution in [3.05, 3.63) is 30.2 Å². The van der Waals surface area contributed by atoms with Crippen LogP contribution in [0.3, 0.4) is 0 Å². The van der Waals surface area contributed by atoms with Gasteiger partial charge in [0, 0.05) is 12.5 Å². The van der Waals surface area contributed by atoms with E-state index in [1.807, 2.05) is 24.3 Å². The molecule has 1 unspecified atom stereocenters. The molecular weight excluding hydrogens is 188 g/mol. The number of hydrogen-bond donors (Lipinski definition) is 1. The van der Waals surface area contributed by atoms with Crippen LogP contribution in [0.1, 0.15) is 25.7 Å². The predicted molar refractivity (Wildman–Crippen MR) is 60.6 cm³/mol. The molecule has 1 heterocycles. The van der Waals surface area contributed by atoms with Crippen LogP contribution in [-0.2, 0) is 6.42 Å². The van der Waals surface area contributed by atoms with Gasteiger partial charge in [0.2, 0.25) is 0 Å². The van der Waals surface area contributed by atoms with Crippen molar-refractivity contribution in [3.63, 3.8) is 0 Å². The second kappa shape index (κ2) is 4.45. The van der Waals surface area contributed by atoms with Crippen molar-refractivity contribution in [2.45, 2.75) is 32.2 Å². The Morgan fingerprint density at radius 3 is 2.93 bits per heavy atom. The number of benzene rings is 1. The second-order valence-corrected chi connectivity index (χ2v) is 3.83. The molecule has 2 aromatic rings. The highest BCUT2D eigenvalue weighted by atomic mass is 16.3. The average Bonchev–Trinajstić information content (AvgIpc) is 2.59. The van der Waals surface area contributed by atoms with Crippen LogP contribution in [0.15, 0.2) is 28.7 Å². The van der Waals surface area contributed by atoms with Gasteiger partial charge < -0.3 is 10.2 Å². The van der Waals surface area contributed by atoms with Gasteiger partial charge in [0.25, 0.3) is 0 Å². The molecule has 0 aliphatic heterocycles. The van der Waals surface area contributed by atoms with Gasteiger partial charge in [0.15, 0.2) is 11.5 Å². The molecule has 80 valence electrons. The monoisotopic (exact) mass is 204 g/mol. The number of aromatic nitrogens is 1. The lowest BCUT2D eigenvalue weighted by atomic mass is 10.1. The smallest absolute Gasteiger partial charge is 0.197 e. The molecule has 2 rings (SSSR count). The summed E-state index contributed by atoms with van der Waals surface area (Å²) < 4.78 is 5.59. The molecule has 1 atom stereocenters. The summed E-state index contributed by atoms with van der Waals surface area (Å²) in [7, 11) is 0. The number of hydrogen-bond acceptors (Lipinski definition) is 3. The maximum absolute atomic E-state index is 5.94. The quantitative estimate of drug-likeness (QED) is 0.832. The Hall–Kier alpha value is -1.35. The van der Waals surface area contributed by atoms with Crippen LogP contribution < -0.4 is 5.73 Å². The molecule has 0 saturated carbocycles. The zero-order valence-electron chi connectivity index (χ0n) is 8.94. The Labute approximate surface area is 89.3 Å². The summed E-state index contributed by atoms with van der Waals surface area (Å²) in [6.45, 7) is 2.13. The van der Waals surface area contributed by atoms with Gasteiger partial charge in [-0.1, -0.05) is 25.5 Å². The Kier molecular flexibility index (Phi) is 3.02. The van der Waals surface area contributed by atoms with E-state index in [-0.39, 0.29) is 6.04 Å². The van der Waals surface area contributed by atoms with Crippen molar-refractivity contribution in [1.29, 1.82) is 0 Å². The van der Waals surface area contributed by atoms with Crippen molar-refractivity contribution in [2.24, 2.45) is 5.73 Å². The summed E-state index contributed by atoms with van der Waals surface area (Å²) >= 11 is 0. The van der Waals surface area contributed by atoms with E-state index in [1.165, 1.54) is 0 Å². The van der Waals surface area contributed by atoms with Crippen molar-refractivity contribution < 1.29 is 4.42 Å². The van der Waals surface area contributed by atoms with Crippen LogP contribution in [0, 0.1) is 0 Å². The third-order valence-corrected chi connectivity index (χ3v) is 2.43. The van der Waals surface area contributed by atoms with Gasteiger partial charge in [-0.15, -0.1) is 0 Å². The number of nitrogens with two attached hydrogens (primary N) is 1. The maximum atomic E-state index is 5.94. The van der Waals surface area contributed by atoms with Gasteiger partial charge in [0.05, 0.1) is 0 Å². The Morgan fingerprint density at radius 1 is 1.40 bits per heavy atom. The van der Waals surface area contributed by atoms with E-state index in [4.69, 9.17) is 10.2 Å². The fourth-order valence-corrected chi connectivity index (χ4v) is 1.70. The van der Waals surface area contributed by atoms with Crippen LogP contribution in [0.5, 0.6) is 0 Å². The summed E-state index contributed by atoms with van der Waals surface area (Å²) in [5, 5.41) is 0. The molecule has 0 aliphatic rings. The molecule has 1 aromatic heterocycles. The molecule has 0 aliphatic carbocycles. The van der Waals surface area contributed by atoms with Crippen LogP contribution in [0.2, 0.25) is 0 Å². The van der Waals surface area contributed by atoms with Crippen LogP contribution in [0.4, 0.5) is 0 Å². The first-order valence-corrected chi connectivity index (χ1v) is 5.39. The summed E-state index contributed by atoms with van der Waals surface area (Å²) in [4.78, 5) is 4.39. The standard InChI is InChI=1S/C12H16N2O/c1-2-5-9(13)8-12-14-10-6-3-4-7-11(10)15-12/h3-4,6-7,9H,2,5,8,13H2,1H3. The van der Waals surface area contributed by atoms with Crippen molar-refractivity contribution in [3.8, 4) is 0 Å². The van der Waals surface area contributed by atoms with E-state index >= 15 is 0 Å². The lowest BCUT2D eigenvalue weighted by Crippen LogP contribution is -2.22. The molecular formula is C12H16N2O. The highest BCUT2D eigenvalue weighted by molar-refractivity contribution is 5.72. The van der Waals surface area contributed by atoms with Gasteiger partial charge in [-0.2, -0.15) is 0 Å². The number of rotatable bonds is 4. The van der Waals surface area contributed by atoms with Crippen LogP contribution in [0.25, 0.3) is 11.1 Å². The van der Waals surface area contributed by atoms with E-state index in [2.05, 4.69) is 11.9 Å². The molecule has 0 bridgehead atoms. The van der Waals surface area contributed by atoms with Crippen molar-refractivity contribution >= 4 is 11.1 Å². The average molecular weight is 204 g/mol. The van der Waals surface area contributed by atoms with E-state index in [0.29, 0.717) is 0 Å². The number of fused-ring (bicyclic) bond motifs is 1. The molecule has 2 N–H and O–H groups in total. The molecule has 0 saturated heterocycles. The summed E-state index contributed by atoms with van der Waals surface area (Å²) in [6, 6.07) is 7.94. The predicted octanol–water partition coefficient (Wildman–Crippen LogP) is 2.50. The van der Waals surface area contributed by atoms with E-state index < -0.39 is 0 Å². The van der Waals surface area contributed by atoms with Gasteiger partial charge in [0.1, 0.15) is 5.52 Å². The van der Waals surface area contributed by atoms with Crippen LogP contribution in [-0.4, -0.2) is 11.0 Å². The lowest BCUT2D eigenvalue weighted by Gasteiger charge is -2.05. The highest BCUT2D eigenvalue weighted by Crippen LogP contribution is 2.16. The van der Waals surface area contributed by atoms with E-state index in [1.54, 1.807) is 0 Å². The summed E-state index contributed by atoms with van der Waals surface area (Å²) in [5.41, 5.74) is 7.69. The van der Waals surface area contributed by atoms with Crippen molar-refractivity contribution in [1.82, 2.24) is 4.98 Å². The first-order chi connectivity index (χ1) is 7.29. The topological polar surface area (TPSA) is 52.0 Å². The van der Waals surface area contributed by atoms with Gasteiger partial charge >= 0.3 is 0 Å². The number of oxazole rings is 1. The molecule has 3 heteroatoms. The largest absolute Gasteiger partial charge is 0.441 e. The third kappa shape index (κ3) is 2.36. The second-order valence-electron chi connectivity index (χ2n) is 3.83. The summed E-state index contributed by atoms with van der Waals surface area (Å²) in [6.07, 6.45) is 2.84. The summed E-state index contributed by atoms with van der Waals surface area (Å²) in [5.74, 6) is 0.747. The zero-order chi connectivity index (χ0) is 10.7. The van der Waals surface area contributed by atoms with Gasteiger partial charge in [-0.25, -0.2) is 4.98 Å². The van der Waals surface area contributed by atoms with Gasteiger partial charge in [-0.05, 0) is 18.6 Å².